The maximum absolute atomic E-state index is 13.3. The number of carbonyl (C=O) groups excluding carboxylic acids is 1. The highest BCUT2D eigenvalue weighted by Gasteiger charge is 2.40. The quantitative estimate of drug-likeness (QED) is 0.265. The van der Waals surface area contributed by atoms with Crippen molar-refractivity contribution in [3.05, 3.63) is 89.4 Å². The number of halogens is 1. The molecule has 1 atom stereocenters. The van der Waals surface area contributed by atoms with Gasteiger partial charge < -0.3 is 9.64 Å². The van der Waals surface area contributed by atoms with Crippen molar-refractivity contribution in [1.29, 1.82) is 0 Å². The molecule has 0 saturated carbocycles. The minimum absolute atomic E-state index is 0.0951. The van der Waals surface area contributed by atoms with Crippen LogP contribution >= 0.6 is 11.6 Å². The molecule has 1 saturated heterocycles. The highest BCUT2D eigenvalue weighted by molar-refractivity contribution is 6.30. The van der Waals surface area contributed by atoms with Gasteiger partial charge in [-0.05, 0) is 80.6 Å². The molecule has 0 N–H and O–H groups in total. The van der Waals surface area contributed by atoms with Gasteiger partial charge in [-0.15, -0.1) is 0 Å². The highest BCUT2D eigenvalue weighted by Crippen LogP contribution is 2.35. The number of carbonyl (C=O) groups is 1. The monoisotopic (exact) mass is 518 g/mol. The number of rotatable bonds is 10. The van der Waals surface area contributed by atoms with Gasteiger partial charge in [0.25, 0.3) is 0 Å². The van der Waals surface area contributed by atoms with Crippen LogP contribution in [0.5, 0.6) is 0 Å². The standard InChI is InChI=1S/C32H39ClN2O2/c1-4-32(31(36)37-25(2)3,28-11-6-5-7-12-28)18-9-19-34-20-22-35(23-21-34)30-16-14-26(15-17-30)27-10-8-13-29(33)24-27/h5-8,10-17,24-25H,4,9,18-23H2,1-3H3. The first kappa shape index (κ1) is 27.2. The molecule has 0 bridgehead atoms. The van der Waals surface area contributed by atoms with Gasteiger partial charge in [-0.1, -0.05) is 73.1 Å². The van der Waals surface area contributed by atoms with Gasteiger partial charge in [-0.3, -0.25) is 9.69 Å². The number of ether oxygens (including phenoxy) is 1. The van der Waals surface area contributed by atoms with E-state index in [1.165, 1.54) is 11.3 Å². The third-order valence-corrected chi connectivity index (χ3v) is 7.74. The second-order valence-corrected chi connectivity index (χ2v) is 10.7. The van der Waals surface area contributed by atoms with Gasteiger partial charge in [-0.2, -0.15) is 0 Å². The van der Waals surface area contributed by atoms with Gasteiger partial charge in [0.15, 0.2) is 0 Å². The van der Waals surface area contributed by atoms with Crippen molar-refractivity contribution in [3.63, 3.8) is 0 Å². The lowest BCUT2D eigenvalue weighted by Gasteiger charge is -2.37. The highest BCUT2D eigenvalue weighted by atomic mass is 35.5. The van der Waals surface area contributed by atoms with E-state index < -0.39 is 5.41 Å². The molecular formula is C32H39ClN2O2. The number of nitrogens with zero attached hydrogens (tertiary/aromatic N) is 2. The molecule has 196 valence electrons. The number of esters is 1. The van der Waals surface area contributed by atoms with Crippen molar-refractivity contribution in [2.45, 2.75) is 51.6 Å². The van der Waals surface area contributed by atoms with Gasteiger partial charge in [0.2, 0.25) is 0 Å². The summed E-state index contributed by atoms with van der Waals surface area (Å²) in [4.78, 5) is 18.3. The van der Waals surface area contributed by atoms with Crippen LogP contribution < -0.4 is 4.90 Å². The summed E-state index contributed by atoms with van der Waals surface area (Å²) in [6.07, 6.45) is 2.38. The van der Waals surface area contributed by atoms with Crippen molar-refractivity contribution >= 4 is 23.3 Å². The first-order valence-electron chi connectivity index (χ1n) is 13.5. The Hall–Kier alpha value is -2.82. The third-order valence-electron chi connectivity index (χ3n) is 7.50. The van der Waals surface area contributed by atoms with E-state index in [0.717, 1.165) is 68.1 Å². The average molecular weight is 519 g/mol. The van der Waals surface area contributed by atoms with Crippen LogP contribution in [0, 0.1) is 0 Å². The average Bonchev–Trinajstić information content (AvgIpc) is 2.92. The van der Waals surface area contributed by atoms with Crippen LogP contribution in [0.2, 0.25) is 5.02 Å². The Kier molecular flexibility index (Phi) is 9.28. The smallest absolute Gasteiger partial charge is 0.316 e. The number of benzene rings is 3. The SMILES string of the molecule is CCC(CCCN1CCN(c2ccc(-c3cccc(Cl)c3)cc2)CC1)(C(=O)OC(C)C)c1ccccc1. The van der Waals surface area contributed by atoms with E-state index >= 15 is 0 Å². The Bertz CT molecular complexity index is 1140. The Labute approximate surface area is 227 Å². The molecule has 3 aromatic rings. The van der Waals surface area contributed by atoms with Crippen molar-refractivity contribution in [2.24, 2.45) is 0 Å². The Morgan fingerprint density at radius 2 is 1.62 bits per heavy atom. The first-order valence-corrected chi connectivity index (χ1v) is 13.9. The molecule has 37 heavy (non-hydrogen) atoms. The van der Waals surface area contributed by atoms with Crippen molar-refractivity contribution in [1.82, 2.24) is 4.90 Å². The van der Waals surface area contributed by atoms with Gasteiger partial charge in [-0.25, -0.2) is 0 Å². The maximum atomic E-state index is 13.3. The van der Waals surface area contributed by atoms with Crippen LogP contribution in [0.4, 0.5) is 5.69 Å². The summed E-state index contributed by atoms with van der Waals surface area (Å²) >= 11 is 6.16. The fourth-order valence-electron chi connectivity index (χ4n) is 5.34. The van der Waals surface area contributed by atoms with Gasteiger partial charge in [0, 0.05) is 36.9 Å². The predicted molar refractivity (Wildman–Crippen MR) is 154 cm³/mol. The molecule has 1 aliphatic rings. The van der Waals surface area contributed by atoms with Crippen LogP contribution in [0.1, 0.15) is 45.6 Å². The summed E-state index contributed by atoms with van der Waals surface area (Å²) in [5.74, 6) is -0.0951. The summed E-state index contributed by atoms with van der Waals surface area (Å²) in [5.41, 5.74) is 4.06. The molecule has 3 aromatic carbocycles. The number of anilines is 1. The van der Waals surface area contributed by atoms with Crippen LogP contribution in [0.3, 0.4) is 0 Å². The summed E-state index contributed by atoms with van der Waals surface area (Å²) < 4.78 is 5.74. The van der Waals surface area contributed by atoms with Gasteiger partial charge >= 0.3 is 5.97 Å². The second-order valence-electron chi connectivity index (χ2n) is 10.2. The fraction of sp³-hybridized carbons (Fsp3) is 0.406. The molecule has 5 heteroatoms. The van der Waals surface area contributed by atoms with Crippen molar-refractivity contribution < 1.29 is 9.53 Å². The van der Waals surface area contributed by atoms with E-state index in [4.69, 9.17) is 16.3 Å². The number of piperazine rings is 1. The summed E-state index contributed by atoms with van der Waals surface area (Å²) in [6.45, 7) is 11.0. The second kappa shape index (κ2) is 12.6. The first-order chi connectivity index (χ1) is 17.9. The summed E-state index contributed by atoms with van der Waals surface area (Å²) in [5, 5.41) is 0.759. The Morgan fingerprint density at radius 3 is 2.24 bits per heavy atom. The molecule has 0 amide bonds. The zero-order valence-electron chi connectivity index (χ0n) is 22.3. The largest absolute Gasteiger partial charge is 0.462 e. The molecule has 1 aliphatic heterocycles. The molecule has 0 radical (unpaired) electrons. The molecule has 4 nitrogen and oxygen atoms in total. The van der Waals surface area contributed by atoms with Crippen LogP contribution in [-0.4, -0.2) is 49.7 Å². The van der Waals surface area contributed by atoms with Gasteiger partial charge in [0.1, 0.15) is 0 Å². The van der Waals surface area contributed by atoms with E-state index in [1.807, 2.05) is 50.2 Å². The lowest BCUT2D eigenvalue weighted by molar-refractivity contribution is -0.155. The normalized spacial score (nSPS) is 16.0. The van der Waals surface area contributed by atoms with E-state index in [0.29, 0.717) is 0 Å². The van der Waals surface area contributed by atoms with E-state index in [1.54, 1.807) is 0 Å². The molecule has 0 aliphatic carbocycles. The van der Waals surface area contributed by atoms with Crippen LogP contribution in [0.15, 0.2) is 78.9 Å². The molecule has 4 rings (SSSR count). The predicted octanol–water partition coefficient (Wildman–Crippen LogP) is 7.21. The van der Waals surface area contributed by atoms with E-state index in [9.17, 15) is 4.79 Å². The van der Waals surface area contributed by atoms with Gasteiger partial charge in [0.05, 0.1) is 11.5 Å². The molecule has 1 fully saturated rings. The van der Waals surface area contributed by atoms with Crippen LogP contribution in [0.25, 0.3) is 11.1 Å². The number of hydrogen-bond acceptors (Lipinski definition) is 4. The summed E-state index contributed by atoms with van der Waals surface area (Å²) in [6, 6.07) is 26.9. The number of hydrogen-bond donors (Lipinski definition) is 0. The zero-order chi connectivity index (χ0) is 26.3. The van der Waals surface area contributed by atoms with Crippen molar-refractivity contribution in [3.8, 4) is 11.1 Å². The fourth-order valence-corrected chi connectivity index (χ4v) is 5.53. The topological polar surface area (TPSA) is 32.8 Å². The maximum Gasteiger partial charge on any atom is 0.316 e. The third kappa shape index (κ3) is 6.74. The minimum atomic E-state index is -0.585. The molecule has 0 spiro atoms. The molecular weight excluding hydrogens is 480 g/mol. The van der Waals surface area contributed by atoms with E-state index in [-0.39, 0.29) is 12.1 Å². The van der Waals surface area contributed by atoms with E-state index in [2.05, 4.69) is 59.2 Å². The van der Waals surface area contributed by atoms with Crippen molar-refractivity contribution in [2.75, 3.05) is 37.6 Å². The molecule has 0 aromatic heterocycles. The minimum Gasteiger partial charge on any atom is -0.462 e. The lowest BCUT2D eigenvalue weighted by Crippen LogP contribution is -2.47. The lowest BCUT2D eigenvalue weighted by atomic mass is 9.74. The van der Waals surface area contributed by atoms with Crippen LogP contribution in [-0.2, 0) is 14.9 Å². The zero-order valence-corrected chi connectivity index (χ0v) is 23.1. The molecule has 1 unspecified atom stereocenters. The Morgan fingerprint density at radius 1 is 0.919 bits per heavy atom. The Balaban J connectivity index is 1.32. The molecule has 1 heterocycles. The summed E-state index contributed by atoms with van der Waals surface area (Å²) in [7, 11) is 0.